The molecule has 1 heterocycles. The van der Waals surface area contributed by atoms with E-state index < -0.39 is 12.1 Å². The second-order valence-electron chi connectivity index (χ2n) is 2.52. The number of hydrogen-bond acceptors (Lipinski definition) is 3. The maximum Gasteiger partial charge on any atom is 0.280 e. The predicted molar refractivity (Wildman–Crippen MR) is 50.2 cm³/mol. The fourth-order valence-corrected chi connectivity index (χ4v) is 1.62. The van der Waals surface area contributed by atoms with E-state index in [1.165, 1.54) is 6.07 Å². The Balaban J connectivity index is 3.35. The molecule has 0 aliphatic rings. The van der Waals surface area contributed by atoms with Gasteiger partial charge in [0.1, 0.15) is 11.4 Å². The molecule has 0 bridgehead atoms. The monoisotopic (exact) mass is 264 g/mol. The van der Waals surface area contributed by atoms with Gasteiger partial charge in [-0.15, -0.1) is 0 Å². The lowest BCUT2D eigenvalue weighted by Crippen LogP contribution is -2.07. The van der Waals surface area contributed by atoms with E-state index in [9.17, 15) is 13.6 Å². The number of hydrogen-bond donors (Lipinski definition) is 1. The summed E-state index contributed by atoms with van der Waals surface area (Å²) < 4.78 is 25.3. The molecular formula is C8H7BrF2N2O. The summed E-state index contributed by atoms with van der Waals surface area (Å²) in [6, 6.07) is 1.36. The minimum Gasteiger partial charge on any atom is -0.326 e. The molecule has 1 rings (SSSR count). The third-order valence-electron chi connectivity index (χ3n) is 1.65. The molecule has 0 radical (unpaired) electrons. The van der Waals surface area contributed by atoms with E-state index in [2.05, 4.69) is 20.9 Å². The molecule has 0 aliphatic carbocycles. The Hall–Kier alpha value is -0.880. The zero-order valence-corrected chi connectivity index (χ0v) is 8.59. The SMILES string of the molecule is NCc1c(Br)cc(C=O)nc1C(F)F. The van der Waals surface area contributed by atoms with Crippen molar-refractivity contribution in [3.05, 3.63) is 27.5 Å². The molecule has 14 heavy (non-hydrogen) atoms. The molecule has 0 unspecified atom stereocenters. The lowest BCUT2D eigenvalue weighted by molar-refractivity contribution is 0.111. The fourth-order valence-electron chi connectivity index (χ4n) is 1.02. The summed E-state index contributed by atoms with van der Waals surface area (Å²) in [5.41, 5.74) is 5.04. The number of carbonyl (C=O) groups excluding carboxylic acids is 1. The van der Waals surface area contributed by atoms with Gasteiger partial charge in [0.15, 0.2) is 6.29 Å². The van der Waals surface area contributed by atoms with Crippen LogP contribution >= 0.6 is 15.9 Å². The summed E-state index contributed by atoms with van der Waals surface area (Å²) >= 11 is 3.06. The first-order valence-electron chi connectivity index (χ1n) is 3.72. The Bertz CT molecular complexity index is 357. The first-order chi connectivity index (χ1) is 6.60. The first kappa shape index (κ1) is 11.2. The Morgan fingerprint density at radius 1 is 1.64 bits per heavy atom. The van der Waals surface area contributed by atoms with Gasteiger partial charge in [-0.3, -0.25) is 4.79 Å². The second kappa shape index (κ2) is 4.56. The lowest BCUT2D eigenvalue weighted by atomic mass is 10.2. The van der Waals surface area contributed by atoms with E-state index >= 15 is 0 Å². The van der Waals surface area contributed by atoms with Crippen molar-refractivity contribution in [3.8, 4) is 0 Å². The third kappa shape index (κ3) is 2.13. The van der Waals surface area contributed by atoms with E-state index in [4.69, 9.17) is 5.73 Å². The minimum absolute atomic E-state index is 0.0376. The van der Waals surface area contributed by atoms with E-state index in [0.29, 0.717) is 10.8 Å². The highest BCUT2D eigenvalue weighted by molar-refractivity contribution is 9.10. The topological polar surface area (TPSA) is 56.0 Å². The Labute approximate surface area is 87.4 Å². The molecule has 0 aromatic carbocycles. The Morgan fingerprint density at radius 2 is 2.29 bits per heavy atom. The number of aldehydes is 1. The number of rotatable bonds is 3. The summed E-state index contributed by atoms with van der Waals surface area (Å²) in [7, 11) is 0. The maximum atomic E-state index is 12.5. The molecule has 0 fully saturated rings. The van der Waals surface area contributed by atoms with Crippen LogP contribution in [0, 0.1) is 0 Å². The van der Waals surface area contributed by atoms with Gasteiger partial charge < -0.3 is 5.73 Å². The number of alkyl halides is 2. The minimum atomic E-state index is -2.73. The molecule has 0 saturated heterocycles. The molecule has 6 heteroatoms. The lowest BCUT2D eigenvalue weighted by Gasteiger charge is -2.08. The van der Waals surface area contributed by atoms with Crippen molar-refractivity contribution in [3.63, 3.8) is 0 Å². The highest BCUT2D eigenvalue weighted by atomic mass is 79.9. The van der Waals surface area contributed by atoms with Crippen molar-refractivity contribution in [1.29, 1.82) is 0 Å². The largest absolute Gasteiger partial charge is 0.326 e. The zero-order valence-electron chi connectivity index (χ0n) is 7.01. The molecule has 0 saturated carbocycles. The average molecular weight is 265 g/mol. The predicted octanol–water partition coefficient (Wildman–Crippen LogP) is 2.05. The molecule has 0 spiro atoms. The molecular weight excluding hydrogens is 258 g/mol. The molecule has 0 aliphatic heterocycles. The highest BCUT2D eigenvalue weighted by Crippen LogP contribution is 2.27. The van der Waals surface area contributed by atoms with Gasteiger partial charge in [-0.1, -0.05) is 15.9 Å². The standard InChI is InChI=1S/C8H7BrF2N2O/c9-6-1-4(3-14)13-7(8(10)11)5(6)2-12/h1,3,8H,2,12H2. The molecule has 2 N–H and O–H groups in total. The van der Waals surface area contributed by atoms with Crippen LogP contribution in [0.2, 0.25) is 0 Å². The summed E-state index contributed by atoms with van der Waals surface area (Å²) in [4.78, 5) is 13.9. The van der Waals surface area contributed by atoms with Gasteiger partial charge in [-0.25, -0.2) is 13.8 Å². The van der Waals surface area contributed by atoms with Crippen molar-refractivity contribution in [2.75, 3.05) is 0 Å². The van der Waals surface area contributed by atoms with E-state index in [1.807, 2.05) is 0 Å². The fraction of sp³-hybridized carbons (Fsp3) is 0.250. The van der Waals surface area contributed by atoms with Crippen LogP contribution in [0.25, 0.3) is 0 Å². The summed E-state index contributed by atoms with van der Waals surface area (Å²) in [5, 5.41) is 0. The molecule has 76 valence electrons. The molecule has 1 aromatic rings. The number of nitrogens with zero attached hydrogens (tertiary/aromatic N) is 1. The van der Waals surface area contributed by atoms with Gasteiger partial charge in [-0.2, -0.15) is 0 Å². The van der Waals surface area contributed by atoms with Crippen LogP contribution in [-0.2, 0) is 6.54 Å². The van der Waals surface area contributed by atoms with Gasteiger partial charge in [0.2, 0.25) is 0 Å². The summed E-state index contributed by atoms with van der Waals surface area (Å²) in [6.07, 6.45) is -2.32. The average Bonchev–Trinajstić information content (AvgIpc) is 2.16. The molecule has 1 aromatic heterocycles. The van der Waals surface area contributed by atoms with Gasteiger partial charge >= 0.3 is 0 Å². The number of aromatic nitrogens is 1. The molecule has 0 amide bonds. The normalized spacial score (nSPS) is 10.6. The van der Waals surface area contributed by atoms with Crippen molar-refractivity contribution >= 4 is 22.2 Å². The maximum absolute atomic E-state index is 12.5. The van der Waals surface area contributed by atoms with Crippen LogP contribution in [0.4, 0.5) is 8.78 Å². The van der Waals surface area contributed by atoms with Gasteiger partial charge in [-0.05, 0) is 6.07 Å². The van der Waals surface area contributed by atoms with E-state index in [0.717, 1.165) is 0 Å². The first-order valence-corrected chi connectivity index (χ1v) is 4.52. The van der Waals surface area contributed by atoms with E-state index in [1.54, 1.807) is 0 Å². The number of halogens is 3. The van der Waals surface area contributed by atoms with Gasteiger partial charge in [0.05, 0.1) is 0 Å². The summed E-state index contributed by atoms with van der Waals surface area (Å²) in [5.74, 6) is 0. The van der Waals surface area contributed by atoms with Crippen LogP contribution in [0.1, 0.15) is 28.2 Å². The number of pyridine rings is 1. The van der Waals surface area contributed by atoms with Crippen LogP contribution in [0.15, 0.2) is 10.5 Å². The van der Waals surface area contributed by atoms with Crippen molar-refractivity contribution in [1.82, 2.24) is 4.98 Å². The second-order valence-corrected chi connectivity index (χ2v) is 3.37. The van der Waals surface area contributed by atoms with Gasteiger partial charge in [0.25, 0.3) is 6.43 Å². The van der Waals surface area contributed by atoms with Crippen molar-refractivity contribution in [2.24, 2.45) is 5.73 Å². The quantitative estimate of drug-likeness (QED) is 0.851. The zero-order chi connectivity index (χ0) is 10.7. The number of carbonyl (C=O) groups is 1. The number of nitrogens with two attached hydrogens (primary N) is 1. The third-order valence-corrected chi connectivity index (χ3v) is 2.36. The molecule has 0 atom stereocenters. The van der Waals surface area contributed by atoms with Gasteiger partial charge in [0, 0.05) is 16.6 Å². The molecule has 3 nitrogen and oxygen atoms in total. The summed E-state index contributed by atoms with van der Waals surface area (Å²) in [6.45, 7) is -0.0492. The highest BCUT2D eigenvalue weighted by Gasteiger charge is 2.17. The van der Waals surface area contributed by atoms with Crippen molar-refractivity contribution in [2.45, 2.75) is 13.0 Å². The van der Waals surface area contributed by atoms with Crippen LogP contribution in [0.5, 0.6) is 0 Å². The van der Waals surface area contributed by atoms with Crippen LogP contribution in [-0.4, -0.2) is 11.3 Å². The smallest absolute Gasteiger partial charge is 0.280 e. The van der Waals surface area contributed by atoms with Crippen LogP contribution in [0.3, 0.4) is 0 Å². The van der Waals surface area contributed by atoms with Crippen LogP contribution < -0.4 is 5.73 Å². The Morgan fingerprint density at radius 3 is 2.71 bits per heavy atom. The van der Waals surface area contributed by atoms with Crippen molar-refractivity contribution < 1.29 is 13.6 Å². The Kier molecular flexibility index (Phi) is 3.65. The van der Waals surface area contributed by atoms with E-state index in [-0.39, 0.29) is 17.8 Å².